The van der Waals surface area contributed by atoms with Gasteiger partial charge in [-0.3, -0.25) is 14.4 Å². The van der Waals surface area contributed by atoms with Crippen LogP contribution in [-0.2, 0) is 30.9 Å². The Labute approximate surface area is 366 Å². The van der Waals surface area contributed by atoms with Crippen LogP contribution in [0.5, 0.6) is 5.75 Å². The minimum absolute atomic E-state index is 0.0981. The number of nitrogens with zero attached hydrogens (tertiary/aromatic N) is 4. The van der Waals surface area contributed by atoms with E-state index in [1.165, 1.54) is 7.11 Å². The van der Waals surface area contributed by atoms with Crippen molar-refractivity contribution >= 4 is 67.9 Å². The number of rotatable bonds is 25. The minimum atomic E-state index is -4.90. The number of pyridine rings is 1. The van der Waals surface area contributed by atoms with E-state index in [2.05, 4.69) is 31.4 Å². The van der Waals surface area contributed by atoms with Crippen molar-refractivity contribution in [2.75, 3.05) is 46.3 Å². The van der Waals surface area contributed by atoms with E-state index in [4.69, 9.17) is 4.74 Å². The zero-order chi connectivity index (χ0) is 44.4. The summed E-state index contributed by atoms with van der Waals surface area (Å²) in [4.78, 5) is 43.0. The number of ketones is 2. The molecule has 0 radical (unpaired) electrons. The molecule has 2 aliphatic rings. The molecule has 1 atom stereocenters. The fraction of sp³-hybridized carbons (Fsp3) is 0.465. The highest BCUT2D eigenvalue weighted by atomic mass is 33.1. The van der Waals surface area contributed by atoms with Gasteiger partial charge in [0, 0.05) is 73.0 Å². The van der Waals surface area contributed by atoms with E-state index >= 15 is 8.63 Å². The second-order valence-corrected chi connectivity index (χ2v) is 20.4. The van der Waals surface area contributed by atoms with Gasteiger partial charge in [-0.05, 0) is 104 Å². The third kappa shape index (κ3) is 13.7. The molecule has 12 nitrogen and oxygen atoms in total. The van der Waals surface area contributed by atoms with Gasteiger partial charge in [0.25, 0.3) is 0 Å². The Morgan fingerprint density at radius 3 is 2.36 bits per heavy atom. The minimum Gasteiger partial charge on any atom is -0.748 e. The lowest BCUT2D eigenvalue weighted by atomic mass is 9.88. The largest absolute Gasteiger partial charge is 0.748 e. The maximum absolute atomic E-state index is 17.1. The molecule has 330 valence electrons. The molecule has 2 aliphatic heterocycles. The number of hydrogen-bond donors (Lipinski definition) is 1. The molecule has 0 saturated heterocycles. The lowest BCUT2D eigenvalue weighted by Gasteiger charge is -2.32. The molecule has 1 N–H and O–H groups in total. The van der Waals surface area contributed by atoms with Crippen molar-refractivity contribution in [3.8, 4) is 5.75 Å². The van der Waals surface area contributed by atoms with E-state index in [1.54, 1.807) is 71.1 Å². The number of unbranched alkanes of at least 4 members (excludes halogenated alkanes) is 2. The highest BCUT2D eigenvalue weighted by Gasteiger charge is 2.54. The van der Waals surface area contributed by atoms with Crippen molar-refractivity contribution in [3.63, 3.8) is 0 Å². The van der Waals surface area contributed by atoms with Crippen LogP contribution in [0.4, 0.5) is 8.63 Å². The van der Waals surface area contributed by atoms with Crippen LogP contribution in [0, 0.1) is 6.92 Å². The molecule has 0 aliphatic carbocycles. The molecule has 4 heterocycles. The summed E-state index contributed by atoms with van der Waals surface area (Å²) >= 11 is 0. The van der Waals surface area contributed by atoms with Gasteiger partial charge in [0.15, 0.2) is 17.2 Å². The number of quaternary nitrogens is 1. The molecule has 0 saturated carbocycles. The lowest BCUT2D eigenvalue weighted by molar-refractivity contribution is -0.870. The predicted molar refractivity (Wildman–Crippen MR) is 238 cm³/mol. The van der Waals surface area contributed by atoms with Gasteiger partial charge in [-0.2, -0.15) is 0 Å². The molecular weight excluding hydrogens is 844 g/mol. The lowest BCUT2D eigenvalue weighted by Crippen LogP contribution is -2.51. The second kappa shape index (κ2) is 21.3. The fourth-order valence-electron chi connectivity index (χ4n) is 7.60. The maximum Gasteiger partial charge on any atom is 0.737 e. The summed E-state index contributed by atoms with van der Waals surface area (Å²) in [7, 11) is 6.10. The number of allylic oxidation sites excluding steroid dienone is 2. The van der Waals surface area contributed by atoms with Gasteiger partial charge in [0.1, 0.15) is 22.6 Å². The first kappa shape index (κ1) is 47.9. The molecule has 5 rings (SSSR count). The molecule has 3 aromatic rings. The Bertz CT molecular complexity index is 2260. The smallest absolute Gasteiger partial charge is 0.737 e. The number of amides is 1. The number of halogens is 2. The molecule has 1 amide bonds. The Morgan fingerprint density at radius 2 is 1.69 bits per heavy atom. The van der Waals surface area contributed by atoms with Crippen molar-refractivity contribution in [2.24, 2.45) is 0 Å². The van der Waals surface area contributed by atoms with Crippen LogP contribution >= 0.6 is 21.6 Å². The van der Waals surface area contributed by atoms with Crippen molar-refractivity contribution in [2.45, 2.75) is 88.6 Å². The molecule has 18 heteroatoms. The summed E-state index contributed by atoms with van der Waals surface area (Å²) in [5.74, 6) is -0.964. The first-order valence-corrected chi connectivity index (χ1v) is 24.5. The second-order valence-electron chi connectivity index (χ2n) is 16.5. The van der Waals surface area contributed by atoms with Gasteiger partial charge in [-0.25, -0.2) is 13.4 Å². The number of hydrogen-bond acceptors (Lipinski definition) is 10. The fourth-order valence-corrected chi connectivity index (χ4v) is 10.2. The van der Waals surface area contributed by atoms with E-state index in [1.807, 2.05) is 24.3 Å². The molecular formula is C43H56BF2N5O7S3. The molecule has 1 unspecified atom stereocenters. The Kier molecular flexibility index (Phi) is 16.8. The standard InChI is InChI=1S/C43H56BF2N5O7S3/c1-31-27-34(49-38(31)29-40-33(13-11-25-51(2,3)4)28-39(50(40)44(49,45)46)32-18-21-36(58-5)22-19-32)20-23-42(54)48-37(30-61(55,56)57)41(53)16-8-6-7-14-35(52)15-12-26-59-60-43-17-9-10-24-47-43/h9-10,17-19,21-22,24,27-29,37H,6-8,11-16,20,23,25-26,30H2,1-5H3,(H-,48,54,55,56,57). The molecule has 61 heavy (non-hydrogen) atoms. The maximum atomic E-state index is 17.1. The summed E-state index contributed by atoms with van der Waals surface area (Å²) in [6.07, 6.45) is 9.13. The van der Waals surface area contributed by atoms with Crippen LogP contribution < -0.4 is 10.1 Å². The van der Waals surface area contributed by atoms with Crippen LogP contribution in [-0.4, -0.2) is 114 Å². The number of nitrogens with one attached hydrogen (secondary N) is 1. The van der Waals surface area contributed by atoms with Crippen molar-refractivity contribution < 1.29 is 49.7 Å². The van der Waals surface area contributed by atoms with Gasteiger partial charge < -0.3 is 36.7 Å². The van der Waals surface area contributed by atoms with E-state index in [9.17, 15) is 27.4 Å². The summed E-state index contributed by atoms with van der Waals surface area (Å²) in [6.45, 7) is -1.86. The Hall–Kier alpha value is -4.10. The quantitative estimate of drug-likeness (QED) is 0.0311. The van der Waals surface area contributed by atoms with Crippen LogP contribution in [0.25, 0.3) is 6.08 Å². The van der Waals surface area contributed by atoms with E-state index in [-0.39, 0.29) is 30.7 Å². The third-order valence-electron chi connectivity index (χ3n) is 10.6. The zero-order valence-electron chi connectivity index (χ0n) is 35.5. The number of benzene rings is 1. The number of Topliss-reactive ketones (excluding diaryl/α,β-unsaturated/α-hetero) is 2. The number of ether oxygens (including phenoxy) is 1. The van der Waals surface area contributed by atoms with Crippen molar-refractivity contribution in [1.29, 1.82) is 0 Å². The summed E-state index contributed by atoms with van der Waals surface area (Å²) in [5.41, 5.74) is 3.34. The molecule has 1 aromatic carbocycles. The topological polar surface area (TPSA) is 150 Å². The number of fused-ring (bicyclic) bond motifs is 2. The van der Waals surface area contributed by atoms with E-state index < -0.39 is 40.6 Å². The summed E-state index contributed by atoms with van der Waals surface area (Å²) in [5, 5.41) is 3.31. The number of methoxy groups -OCH3 is 1. The van der Waals surface area contributed by atoms with Crippen molar-refractivity contribution in [3.05, 3.63) is 94.6 Å². The highest BCUT2D eigenvalue weighted by Crippen LogP contribution is 2.40. The Morgan fingerprint density at radius 1 is 0.967 bits per heavy atom. The van der Waals surface area contributed by atoms with Crippen molar-refractivity contribution in [1.82, 2.24) is 14.8 Å². The first-order chi connectivity index (χ1) is 28.9. The van der Waals surface area contributed by atoms with E-state index in [0.717, 1.165) is 49.2 Å². The van der Waals surface area contributed by atoms with Crippen LogP contribution in [0.15, 0.2) is 77.1 Å². The first-order valence-electron chi connectivity index (χ1n) is 20.6. The predicted octanol–water partition coefficient (Wildman–Crippen LogP) is 6.98. The molecule has 0 bridgehead atoms. The van der Waals surface area contributed by atoms with Gasteiger partial charge in [-0.1, -0.05) is 23.3 Å². The number of carbonyl (C=O) groups is 3. The Balaban J connectivity index is 1.19. The number of aryl methyl sites for hydroxylation is 2. The van der Waals surface area contributed by atoms with Gasteiger partial charge in [-0.15, -0.1) is 0 Å². The normalized spacial score (nSPS) is 15.1. The average molecular weight is 900 g/mol. The molecule has 0 fully saturated rings. The van der Waals surface area contributed by atoms with Crippen LogP contribution in [0.3, 0.4) is 0 Å². The van der Waals surface area contributed by atoms with E-state index in [0.29, 0.717) is 72.5 Å². The summed E-state index contributed by atoms with van der Waals surface area (Å²) in [6, 6.07) is 12.7. The number of aromatic nitrogens is 2. The third-order valence-corrected chi connectivity index (χ3v) is 13.7. The highest BCUT2D eigenvalue weighted by molar-refractivity contribution is 8.76. The monoisotopic (exact) mass is 899 g/mol. The van der Waals surface area contributed by atoms with Crippen LogP contribution in [0.2, 0.25) is 0 Å². The van der Waals surface area contributed by atoms with Gasteiger partial charge >= 0.3 is 6.97 Å². The van der Waals surface area contributed by atoms with Crippen LogP contribution in [0.1, 0.15) is 86.7 Å². The molecule has 0 spiro atoms. The molecule has 2 aromatic heterocycles. The van der Waals surface area contributed by atoms with Gasteiger partial charge in [0.05, 0.1) is 50.7 Å². The SMILES string of the molecule is COc1ccc(C2=[N+]3C(=Cc4c(C)cc(CCC(=O)NC(CS(=O)(=O)[O-])C(=O)CCCCCC(=O)CCCSSc5ccccn5)n4[B-]3(F)F)C(CCC[N+](C)(C)C)=C2)cc1. The summed E-state index contributed by atoms with van der Waals surface area (Å²) < 4.78 is 77.7. The van der Waals surface area contributed by atoms with Gasteiger partial charge in [0.2, 0.25) is 5.91 Å². The number of carbonyl (C=O) groups excluding carboxylic acids is 3. The zero-order valence-corrected chi connectivity index (χ0v) is 38.0. The average Bonchev–Trinajstić information content (AvgIpc) is 3.73.